The summed E-state index contributed by atoms with van der Waals surface area (Å²) >= 11 is 0. The lowest BCUT2D eigenvalue weighted by atomic mass is 10.2. The minimum Gasteiger partial charge on any atom is -0.481 e. The molecule has 2 N–H and O–H groups in total. The summed E-state index contributed by atoms with van der Waals surface area (Å²) in [6, 6.07) is 6.61. The highest BCUT2D eigenvalue weighted by molar-refractivity contribution is 7.90. The first-order valence-corrected chi connectivity index (χ1v) is 9.34. The average Bonchev–Trinajstić information content (AvgIpc) is 2.65. The number of urea groups is 1. The van der Waals surface area contributed by atoms with Crippen molar-refractivity contribution in [2.45, 2.75) is 18.4 Å². The maximum absolute atomic E-state index is 12.5. The number of nitrogens with zero attached hydrogens (tertiary/aromatic N) is 2. The van der Waals surface area contributed by atoms with Crippen LogP contribution in [-0.4, -0.2) is 45.2 Å². The summed E-state index contributed by atoms with van der Waals surface area (Å²) in [7, 11) is -1.37. The molecular weight excluding hydrogens is 376 g/mol. The van der Waals surface area contributed by atoms with Gasteiger partial charge in [-0.25, -0.2) is 17.9 Å². The van der Waals surface area contributed by atoms with E-state index in [9.17, 15) is 13.2 Å². The molecule has 0 unspecified atom stereocenters. The van der Waals surface area contributed by atoms with Crippen LogP contribution in [0.2, 0.25) is 0 Å². The minimum absolute atomic E-state index is 0.0576. The van der Waals surface area contributed by atoms with Crippen molar-refractivity contribution in [3.63, 3.8) is 0 Å². The highest BCUT2D eigenvalue weighted by Gasteiger charge is 2.21. The summed E-state index contributed by atoms with van der Waals surface area (Å²) < 4.78 is 42.2. The molecule has 0 atom stereocenters. The first-order valence-electron chi connectivity index (χ1n) is 7.86. The predicted octanol–water partition coefficient (Wildman–Crippen LogP) is 1.54. The second-order valence-electron chi connectivity index (χ2n) is 5.08. The Hall–Kier alpha value is -2.92. The summed E-state index contributed by atoms with van der Waals surface area (Å²) in [5, 5.41) is 2.24. The Morgan fingerprint density at radius 2 is 1.74 bits per heavy atom. The van der Waals surface area contributed by atoms with Gasteiger partial charge in [0.2, 0.25) is 17.7 Å². The normalized spacial score (nSPS) is 10.9. The fraction of sp³-hybridized carbons (Fsp3) is 0.312. The maximum Gasteiger partial charge on any atom is 0.335 e. The van der Waals surface area contributed by atoms with E-state index in [0.29, 0.717) is 12.2 Å². The van der Waals surface area contributed by atoms with Gasteiger partial charge in [0.15, 0.2) is 0 Å². The molecule has 0 aliphatic heterocycles. The van der Waals surface area contributed by atoms with Crippen LogP contribution in [-0.2, 0) is 21.4 Å². The third-order valence-corrected chi connectivity index (χ3v) is 4.71. The Balaban J connectivity index is 2.18. The van der Waals surface area contributed by atoms with E-state index in [1.54, 1.807) is 25.1 Å². The number of carbonyl (C=O) groups is 1. The highest BCUT2D eigenvalue weighted by atomic mass is 32.2. The Kier molecular flexibility index (Phi) is 6.91. The molecule has 0 spiro atoms. The number of nitrogens with one attached hydrogen (secondary N) is 2. The van der Waals surface area contributed by atoms with Crippen LogP contribution in [0.1, 0.15) is 12.5 Å². The zero-order valence-electron chi connectivity index (χ0n) is 15.1. The molecule has 0 saturated carbocycles. The Morgan fingerprint density at radius 3 is 2.33 bits per heavy atom. The number of methoxy groups -OCH3 is 2. The van der Waals surface area contributed by atoms with Crippen molar-refractivity contribution in [2.75, 3.05) is 26.1 Å². The quantitative estimate of drug-likeness (QED) is 0.687. The van der Waals surface area contributed by atoms with Crippen LogP contribution in [0.25, 0.3) is 0 Å². The molecule has 0 radical (unpaired) electrons. The minimum atomic E-state index is -4.13. The molecule has 2 amide bonds. The number of benzene rings is 1. The monoisotopic (exact) mass is 396 g/mol. The zero-order chi connectivity index (χ0) is 19.9. The second-order valence-corrected chi connectivity index (χ2v) is 6.73. The third kappa shape index (κ3) is 5.53. The van der Waals surface area contributed by atoms with E-state index in [0.717, 1.165) is 0 Å². The lowest BCUT2D eigenvalue weighted by Gasteiger charge is -2.12. The zero-order valence-corrected chi connectivity index (χ0v) is 15.9. The number of sulfonamides is 1. The number of amides is 2. The fourth-order valence-electron chi connectivity index (χ4n) is 2.07. The molecule has 0 aliphatic rings. The average molecular weight is 396 g/mol. The van der Waals surface area contributed by atoms with Gasteiger partial charge in [0.25, 0.3) is 10.0 Å². The number of hydrogen-bond acceptors (Lipinski definition) is 8. The number of aromatic nitrogens is 2. The Morgan fingerprint density at radius 1 is 1.11 bits per heavy atom. The first kappa shape index (κ1) is 20.4. The van der Waals surface area contributed by atoms with Crippen molar-refractivity contribution in [3.05, 3.63) is 35.9 Å². The lowest BCUT2D eigenvalue weighted by Crippen LogP contribution is -2.35. The van der Waals surface area contributed by atoms with E-state index in [1.165, 1.54) is 26.4 Å². The largest absolute Gasteiger partial charge is 0.481 e. The van der Waals surface area contributed by atoms with E-state index in [4.69, 9.17) is 14.2 Å². The van der Waals surface area contributed by atoms with E-state index >= 15 is 0 Å². The molecule has 0 aliphatic carbocycles. The second kappa shape index (κ2) is 9.14. The molecule has 10 nitrogen and oxygen atoms in total. The van der Waals surface area contributed by atoms with Gasteiger partial charge in [-0.3, -0.25) is 5.32 Å². The lowest BCUT2D eigenvalue weighted by molar-refractivity contribution is 0.132. The van der Waals surface area contributed by atoms with Gasteiger partial charge >= 0.3 is 6.03 Å². The number of rotatable bonds is 8. The molecule has 146 valence electrons. The van der Waals surface area contributed by atoms with Gasteiger partial charge in [0.05, 0.1) is 31.8 Å². The molecule has 0 bridgehead atoms. The van der Waals surface area contributed by atoms with Gasteiger partial charge in [-0.2, -0.15) is 9.97 Å². The smallest absolute Gasteiger partial charge is 0.335 e. The van der Waals surface area contributed by atoms with Crippen LogP contribution < -0.4 is 19.5 Å². The number of ether oxygens (including phenoxy) is 3. The molecular formula is C16H20N4O6S. The van der Waals surface area contributed by atoms with E-state index in [2.05, 4.69) is 15.3 Å². The van der Waals surface area contributed by atoms with Gasteiger partial charge < -0.3 is 14.2 Å². The summed E-state index contributed by atoms with van der Waals surface area (Å²) in [6.45, 7) is 2.33. The predicted molar refractivity (Wildman–Crippen MR) is 96.2 cm³/mol. The molecule has 0 fully saturated rings. The Labute approximate surface area is 156 Å². The standard InChI is InChI=1S/C16H20N4O6S/c1-4-26-10-11-7-5-6-8-12(11)27(22,23)20-16(21)19-15-17-13(24-2)9-14(18-15)25-3/h5-9H,4,10H2,1-3H3,(H2,17,18,19,20,21). The SMILES string of the molecule is CCOCc1ccccc1S(=O)(=O)NC(=O)Nc1nc(OC)cc(OC)n1. The van der Waals surface area contributed by atoms with Crippen LogP contribution in [0.5, 0.6) is 11.8 Å². The molecule has 1 aromatic carbocycles. The molecule has 2 aromatic rings. The van der Waals surface area contributed by atoms with Gasteiger partial charge in [-0.1, -0.05) is 18.2 Å². The van der Waals surface area contributed by atoms with Crippen molar-refractivity contribution < 1.29 is 27.4 Å². The molecule has 27 heavy (non-hydrogen) atoms. The van der Waals surface area contributed by atoms with Crippen LogP contribution in [0, 0.1) is 0 Å². The topological polar surface area (TPSA) is 129 Å². The summed E-state index contributed by atoms with van der Waals surface area (Å²) in [5.74, 6) is 0.102. The van der Waals surface area contributed by atoms with E-state index in [1.807, 2.05) is 4.72 Å². The van der Waals surface area contributed by atoms with Crippen molar-refractivity contribution in [1.29, 1.82) is 0 Å². The van der Waals surface area contributed by atoms with Gasteiger partial charge in [0.1, 0.15) is 0 Å². The molecule has 2 rings (SSSR count). The molecule has 11 heteroatoms. The molecule has 0 saturated heterocycles. The van der Waals surface area contributed by atoms with Crippen LogP contribution in [0.15, 0.2) is 35.2 Å². The van der Waals surface area contributed by atoms with E-state index in [-0.39, 0.29) is 29.2 Å². The van der Waals surface area contributed by atoms with Gasteiger partial charge in [-0.05, 0) is 18.6 Å². The fourth-order valence-corrected chi connectivity index (χ4v) is 3.21. The summed E-state index contributed by atoms with van der Waals surface area (Å²) in [4.78, 5) is 19.9. The van der Waals surface area contributed by atoms with Crippen molar-refractivity contribution >= 4 is 22.0 Å². The van der Waals surface area contributed by atoms with Crippen LogP contribution >= 0.6 is 0 Å². The highest BCUT2D eigenvalue weighted by Crippen LogP contribution is 2.18. The maximum atomic E-state index is 12.5. The third-order valence-electron chi connectivity index (χ3n) is 3.27. The van der Waals surface area contributed by atoms with Crippen LogP contribution in [0.4, 0.5) is 10.7 Å². The first-order chi connectivity index (χ1) is 12.9. The summed E-state index contributed by atoms with van der Waals surface area (Å²) in [5.41, 5.74) is 0.430. The Bertz CT molecular complexity index is 881. The number of carbonyl (C=O) groups excluding carboxylic acids is 1. The summed E-state index contributed by atoms with van der Waals surface area (Å²) in [6.07, 6.45) is 0. The van der Waals surface area contributed by atoms with Crippen LogP contribution in [0.3, 0.4) is 0 Å². The molecule has 1 aromatic heterocycles. The van der Waals surface area contributed by atoms with Crippen molar-refractivity contribution in [2.24, 2.45) is 0 Å². The van der Waals surface area contributed by atoms with Crippen molar-refractivity contribution in [3.8, 4) is 11.8 Å². The molecule has 1 heterocycles. The van der Waals surface area contributed by atoms with Gasteiger partial charge in [0, 0.05) is 6.61 Å². The van der Waals surface area contributed by atoms with E-state index < -0.39 is 16.1 Å². The van der Waals surface area contributed by atoms with Crippen molar-refractivity contribution in [1.82, 2.24) is 14.7 Å². The number of hydrogen-bond donors (Lipinski definition) is 2. The number of anilines is 1. The van der Waals surface area contributed by atoms with Gasteiger partial charge in [-0.15, -0.1) is 0 Å².